The summed E-state index contributed by atoms with van der Waals surface area (Å²) in [4.78, 5) is 25.6. The first-order valence-electron chi connectivity index (χ1n) is 7.22. The van der Waals surface area contributed by atoms with E-state index in [0.717, 1.165) is 5.56 Å². The Labute approximate surface area is 125 Å². The number of hydrogen-bond donors (Lipinski definition) is 2. The topological polar surface area (TPSA) is 69.6 Å². The zero-order valence-electron chi connectivity index (χ0n) is 12.6. The summed E-state index contributed by atoms with van der Waals surface area (Å²) < 4.78 is 0. The molecule has 0 aliphatic carbocycles. The van der Waals surface area contributed by atoms with Crippen LogP contribution in [0.5, 0.6) is 0 Å². The standard InChI is InChI=1S/C16H22N2O3/c1-12-3-5-13(6-4-12)15(20)17-11-14(19)18-9-7-16(2,21)8-10-18/h3-6,21H,7-11H2,1-2H3,(H,17,20). The molecule has 2 amide bonds. The number of carbonyl (C=O) groups excluding carboxylic acids is 2. The zero-order chi connectivity index (χ0) is 15.5. The number of nitrogens with one attached hydrogen (secondary N) is 1. The zero-order valence-corrected chi connectivity index (χ0v) is 12.6. The first-order chi connectivity index (χ1) is 9.87. The highest BCUT2D eigenvalue weighted by molar-refractivity contribution is 5.96. The Morgan fingerprint density at radius 2 is 1.81 bits per heavy atom. The highest BCUT2D eigenvalue weighted by Crippen LogP contribution is 2.20. The minimum atomic E-state index is -0.679. The van der Waals surface area contributed by atoms with Crippen LogP contribution in [0.25, 0.3) is 0 Å². The second-order valence-electron chi connectivity index (χ2n) is 5.93. The Hall–Kier alpha value is -1.88. The van der Waals surface area contributed by atoms with Crippen molar-refractivity contribution < 1.29 is 14.7 Å². The van der Waals surface area contributed by atoms with Crippen LogP contribution in [-0.2, 0) is 4.79 Å². The van der Waals surface area contributed by atoms with Crippen LogP contribution in [0.4, 0.5) is 0 Å². The molecule has 0 atom stereocenters. The summed E-state index contributed by atoms with van der Waals surface area (Å²) >= 11 is 0. The second-order valence-corrected chi connectivity index (χ2v) is 5.93. The Balaban J connectivity index is 1.81. The molecule has 1 aromatic carbocycles. The molecular formula is C16H22N2O3. The summed E-state index contributed by atoms with van der Waals surface area (Å²) in [7, 11) is 0. The molecule has 1 saturated heterocycles. The summed E-state index contributed by atoms with van der Waals surface area (Å²) in [6.07, 6.45) is 1.15. The van der Waals surface area contributed by atoms with Crippen LogP contribution < -0.4 is 5.32 Å². The maximum absolute atomic E-state index is 12.0. The van der Waals surface area contributed by atoms with Gasteiger partial charge in [-0.05, 0) is 38.8 Å². The smallest absolute Gasteiger partial charge is 0.251 e. The maximum atomic E-state index is 12.0. The van der Waals surface area contributed by atoms with Gasteiger partial charge in [-0.15, -0.1) is 0 Å². The second kappa shape index (κ2) is 6.26. The molecule has 0 radical (unpaired) electrons. The molecule has 114 valence electrons. The summed E-state index contributed by atoms with van der Waals surface area (Å²) in [5.74, 6) is -0.349. The van der Waals surface area contributed by atoms with Crippen molar-refractivity contribution in [1.82, 2.24) is 10.2 Å². The van der Waals surface area contributed by atoms with Gasteiger partial charge in [-0.3, -0.25) is 9.59 Å². The lowest BCUT2D eigenvalue weighted by molar-refractivity contribution is -0.133. The van der Waals surface area contributed by atoms with E-state index in [-0.39, 0.29) is 18.4 Å². The average Bonchev–Trinajstić information content (AvgIpc) is 2.45. The largest absolute Gasteiger partial charge is 0.390 e. The molecule has 0 bridgehead atoms. The highest BCUT2D eigenvalue weighted by Gasteiger charge is 2.29. The van der Waals surface area contributed by atoms with Gasteiger partial charge < -0.3 is 15.3 Å². The fourth-order valence-electron chi connectivity index (χ4n) is 2.31. The fraction of sp³-hybridized carbons (Fsp3) is 0.500. The monoisotopic (exact) mass is 290 g/mol. The molecule has 2 rings (SSSR count). The van der Waals surface area contributed by atoms with Crippen molar-refractivity contribution in [2.24, 2.45) is 0 Å². The van der Waals surface area contributed by atoms with E-state index in [2.05, 4.69) is 5.32 Å². The lowest BCUT2D eigenvalue weighted by Crippen LogP contribution is -2.48. The summed E-state index contributed by atoms with van der Waals surface area (Å²) in [6, 6.07) is 7.22. The van der Waals surface area contributed by atoms with Crippen LogP contribution in [0, 0.1) is 6.92 Å². The van der Waals surface area contributed by atoms with E-state index < -0.39 is 5.60 Å². The third-order valence-electron chi connectivity index (χ3n) is 3.91. The minimum absolute atomic E-state index is 0.00511. The van der Waals surface area contributed by atoms with Gasteiger partial charge in [0.25, 0.3) is 5.91 Å². The van der Waals surface area contributed by atoms with Gasteiger partial charge in [0.05, 0.1) is 12.1 Å². The number of benzene rings is 1. The van der Waals surface area contributed by atoms with Gasteiger partial charge in [-0.1, -0.05) is 17.7 Å². The lowest BCUT2D eigenvalue weighted by atomic mass is 9.94. The van der Waals surface area contributed by atoms with Gasteiger partial charge >= 0.3 is 0 Å². The van der Waals surface area contributed by atoms with Crippen LogP contribution in [0.15, 0.2) is 24.3 Å². The van der Waals surface area contributed by atoms with Gasteiger partial charge in [0.15, 0.2) is 0 Å². The SMILES string of the molecule is Cc1ccc(C(=O)NCC(=O)N2CCC(C)(O)CC2)cc1. The van der Waals surface area contributed by atoms with E-state index in [9.17, 15) is 14.7 Å². The molecule has 2 N–H and O–H groups in total. The predicted octanol–water partition coefficient (Wildman–Crippen LogP) is 1.10. The van der Waals surface area contributed by atoms with Crippen molar-refractivity contribution in [1.29, 1.82) is 0 Å². The van der Waals surface area contributed by atoms with Crippen molar-refractivity contribution in [2.45, 2.75) is 32.3 Å². The molecule has 1 aliphatic rings. The Kier molecular flexibility index (Phi) is 4.63. The number of piperidine rings is 1. The third kappa shape index (κ3) is 4.29. The van der Waals surface area contributed by atoms with Crippen molar-refractivity contribution in [2.75, 3.05) is 19.6 Å². The first kappa shape index (κ1) is 15.5. The Bertz CT molecular complexity index is 513. The quantitative estimate of drug-likeness (QED) is 0.876. The summed E-state index contributed by atoms with van der Waals surface area (Å²) in [6.45, 7) is 4.80. The molecule has 1 aliphatic heterocycles. The van der Waals surface area contributed by atoms with Gasteiger partial charge in [0.2, 0.25) is 5.91 Å². The number of carbonyl (C=O) groups is 2. The van der Waals surface area contributed by atoms with Crippen molar-refractivity contribution in [3.05, 3.63) is 35.4 Å². The molecule has 1 fully saturated rings. The predicted molar refractivity (Wildman–Crippen MR) is 80.0 cm³/mol. The van der Waals surface area contributed by atoms with E-state index >= 15 is 0 Å². The van der Waals surface area contributed by atoms with E-state index in [1.807, 2.05) is 19.1 Å². The molecule has 0 unspecified atom stereocenters. The first-order valence-corrected chi connectivity index (χ1v) is 7.22. The molecule has 1 heterocycles. The fourth-order valence-corrected chi connectivity index (χ4v) is 2.31. The van der Waals surface area contributed by atoms with Gasteiger partial charge in [-0.25, -0.2) is 0 Å². The number of hydrogen-bond acceptors (Lipinski definition) is 3. The van der Waals surface area contributed by atoms with Crippen LogP contribution in [0.1, 0.15) is 35.7 Å². The van der Waals surface area contributed by atoms with Gasteiger partial charge in [0, 0.05) is 18.7 Å². The van der Waals surface area contributed by atoms with Crippen molar-refractivity contribution in [3.63, 3.8) is 0 Å². The Morgan fingerprint density at radius 1 is 1.24 bits per heavy atom. The van der Waals surface area contributed by atoms with Crippen LogP contribution >= 0.6 is 0 Å². The van der Waals surface area contributed by atoms with E-state index in [1.54, 1.807) is 24.0 Å². The number of nitrogens with zero attached hydrogens (tertiary/aromatic N) is 1. The molecule has 21 heavy (non-hydrogen) atoms. The normalized spacial score (nSPS) is 17.4. The third-order valence-corrected chi connectivity index (χ3v) is 3.91. The lowest BCUT2D eigenvalue weighted by Gasteiger charge is -2.35. The number of amides is 2. The number of aryl methyl sites for hydroxylation is 1. The molecule has 0 spiro atoms. The molecule has 0 saturated carbocycles. The number of aliphatic hydroxyl groups is 1. The van der Waals surface area contributed by atoms with Crippen molar-refractivity contribution in [3.8, 4) is 0 Å². The molecule has 5 nitrogen and oxygen atoms in total. The average molecular weight is 290 g/mol. The molecule has 1 aromatic rings. The minimum Gasteiger partial charge on any atom is -0.390 e. The van der Waals surface area contributed by atoms with Crippen LogP contribution in [0.2, 0.25) is 0 Å². The summed E-state index contributed by atoms with van der Waals surface area (Å²) in [5, 5.41) is 12.5. The van der Waals surface area contributed by atoms with Crippen LogP contribution in [0.3, 0.4) is 0 Å². The van der Waals surface area contributed by atoms with Gasteiger partial charge in [0.1, 0.15) is 0 Å². The van der Waals surface area contributed by atoms with Crippen LogP contribution in [-0.4, -0.2) is 47.1 Å². The van der Waals surface area contributed by atoms with Gasteiger partial charge in [-0.2, -0.15) is 0 Å². The maximum Gasteiger partial charge on any atom is 0.251 e. The van der Waals surface area contributed by atoms with Crippen molar-refractivity contribution >= 4 is 11.8 Å². The molecule has 0 aromatic heterocycles. The molecule has 5 heteroatoms. The highest BCUT2D eigenvalue weighted by atomic mass is 16.3. The molecular weight excluding hydrogens is 268 g/mol. The van der Waals surface area contributed by atoms with E-state index in [1.165, 1.54) is 0 Å². The number of rotatable bonds is 3. The number of likely N-dealkylation sites (tertiary alicyclic amines) is 1. The summed E-state index contributed by atoms with van der Waals surface area (Å²) in [5.41, 5.74) is 0.958. The Morgan fingerprint density at radius 3 is 2.38 bits per heavy atom. The van der Waals surface area contributed by atoms with E-state index in [0.29, 0.717) is 31.5 Å². The van der Waals surface area contributed by atoms with E-state index in [4.69, 9.17) is 0 Å².